The summed E-state index contributed by atoms with van der Waals surface area (Å²) >= 11 is 2.07. The van der Waals surface area contributed by atoms with Crippen LogP contribution in [0, 0.1) is 0 Å². The molecule has 0 spiro atoms. The molecular weight excluding hydrogens is 242 g/mol. The van der Waals surface area contributed by atoms with Crippen molar-refractivity contribution < 1.29 is 4.79 Å². The number of hydrogen-bond donors (Lipinski definition) is 1. The summed E-state index contributed by atoms with van der Waals surface area (Å²) in [5, 5.41) is 4.39. The van der Waals surface area contributed by atoms with Crippen LogP contribution in [0.2, 0.25) is 0 Å². The molecule has 1 saturated carbocycles. The molecule has 1 aromatic rings. The number of carbonyl (C=O) groups excluding carboxylic acids is 1. The number of Topliss-reactive ketones (excluding diaryl/α,β-unsaturated/α-hetero) is 1. The maximum absolute atomic E-state index is 11.2. The van der Waals surface area contributed by atoms with Crippen LogP contribution in [0.5, 0.6) is 0 Å². The zero-order valence-electron chi connectivity index (χ0n) is 11.1. The van der Waals surface area contributed by atoms with Crippen molar-refractivity contribution in [2.45, 2.75) is 44.4 Å². The molecule has 0 saturated heterocycles. The van der Waals surface area contributed by atoms with Crippen molar-refractivity contribution >= 4 is 23.2 Å². The monoisotopic (exact) mass is 263 g/mol. The highest BCUT2D eigenvalue weighted by molar-refractivity contribution is 7.99. The second-order valence-corrected chi connectivity index (χ2v) is 6.44. The molecule has 0 amide bonds. The molecule has 0 bridgehead atoms. The van der Waals surface area contributed by atoms with Gasteiger partial charge >= 0.3 is 0 Å². The van der Waals surface area contributed by atoms with Gasteiger partial charge in [0.2, 0.25) is 0 Å². The molecule has 0 aliphatic heterocycles. The molecule has 1 aromatic carbocycles. The quantitative estimate of drug-likeness (QED) is 0.815. The molecule has 0 aromatic heterocycles. The van der Waals surface area contributed by atoms with Gasteiger partial charge in [-0.3, -0.25) is 4.79 Å². The third-order valence-electron chi connectivity index (χ3n) is 3.45. The van der Waals surface area contributed by atoms with Gasteiger partial charge in [-0.15, -0.1) is 0 Å². The Hall–Kier alpha value is -0.960. The molecule has 0 radical (unpaired) electrons. The van der Waals surface area contributed by atoms with Crippen LogP contribution in [0.3, 0.4) is 0 Å². The summed E-state index contributed by atoms with van der Waals surface area (Å²) in [5.74, 6) is 1.34. The molecule has 3 heteroatoms. The first-order valence-corrected chi connectivity index (χ1v) is 7.73. The predicted octanol–water partition coefficient (Wildman–Crippen LogP) is 3.98. The fourth-order valence-electron chi connectivity index (χ4n) is 2.50. The first kappa shape index (κ1) is 13.5. The third-order valence-corrected chi connectivity index (χ3v) is 4.68. The van der Waals surface area contributed by atoms with Crippen LogP contribution in [0.25, 0.3) is 0 Å². The lowest BCUT2D eigenvalue weighted by Crippen LogP contribution is -2.16. The lowest BCUT2D eigenvalue weighted by molar-refractivity contribution is 0.101. The molecule has 1 N–H and O–H groups in total. The standard InChI is InChI=1S/C15H21NOS/c1-3-18-15-9-8-14(10-15)16-13-6-4-12(5-7-13)11(2)17/h4-7,14-16H,3,8-10H2,1-2H3. The Kier molecular flexibility index (Phi) is 4.70. The first-order chi connectivity index (χ1) is 8.69. The van der Waals surface area contributed by atoms with E-state index in [4.69, 9.17) is 0 Å². The lowest BCUT2D eigenvalue weighted by atomic mass is 10.1. The van der Waals surface area contributed by atoms with Crippen molar-refractivity contribution in [3.8, 4) is 0 Å². The van der Waals surface area contributed by atoms with Crippen molar-refractivity contribution in [2.75, 3.05) is 11.1 Å². The van der Waals surface area contributed by atoms with Gasteiger partial charge < -0.3 is 5.32 Å². The Balaban J connectivity index is 1.88. The highest BCUT2D eigenvalue weighted by Crippen LogP contribution is 2.31. The van der Waals surface area contributed by atoms with Gasteiger partial charge in [-0.2, -0.15) is 11.8 Å². The van der Waals surface area contributed by atoms with Crippen molar-refractivity contribution in [3.63, 3.8) is 0 Å². The number of benzene rings is 1. The van der Waals surface area contributed by atoms with Gasteiger partial charge in [0.05, 0.1) is 0 Å². The van der Waals surface area contributed by atoms with Crippen LogP contribution in [0.15, 0.2) is 24.3 Å². The van der Waals surface area contributed by atoms with Crippen molar-refractivity contribution in [1.29, 1.82) is 0 Å². The van der Waals surface area contributed by atoms with Crippen LogP contribution >= 0.6 is 11.8 Å². The number of thioether (sulfide) groups is 1. The Labute approximate surface area is 114 Å². The SMILES string of the molecule is CCSC1CCC(Nc2ccc(C(C)=O)cc2)C1. The Morgan fingerprint density at radius 2 is 2.06 bits per heavy atom. The third kappa shape index (κ3) is 3.52. The fraction of sp³-hybridized carbons (Fsp3) is 0.533. The molecule has 2 nitrogen and oxygen atoms in total. The fourth-order valence-corrected chi connectivity index (χ4v) is 3.64. The number of rotatable bonds is 5. The lowest BCUT2D eigenvalue weighted by Gasteiger charge is -2.14. The van der Waals surface area contributed by atoms with E-state index in [0.29, 0.717) is 6.04 Å². The largest absolute Gasteiger partial charge is 0.382 e. The topological polar surface area (TPSA) is 29.1 Å². The van der Waals surface area contributed by atoms with Gasteiger partial charge in [0, 0.05) is 22.5 Å². The van der Waals surface area contributed by atoms with Gasteiger partial charge in [-0.1, -0.05) is 6.92 Å². The molecular formula is C15H21NOS. The summed E-state index contributed by atoms with van der Waals surface area (Å²) < 4.78 is 0. The number of nitrogens with one attached hydrogen (secondary N) is 1. The van der Waals surface area contributed by atoms with Crippen LogP contribution in [-0.2, 0) is 0 Å². The number of ketones is 1. The maximum Gasteiger partial charge on any atom is 0.159 e. The van der Waals surface area contributed by atoms with Gasteiger partial charge in [0.15, 0.2) is 5.78 Å². The molecule has 1 aliphatic carbocycles. The summed E-state index contributed by atoms with van der Waals surface area (Å²) in [7, 11) is 0. The molecule has 2 unspecified atom stereocenters. The molecule has 2 rings (SSSR count). The number of hydrogen-bond acceptors (Lipinski definition) is 3. The molecule has 98 valence electrons. The highest BCUT2D eigenvalue weighted by atomic mass is 32.2. The Morgan fingerprint density at radius 3 is 2.67 bits per heavy atom. The summed E-state index contributed by atoms with van der Waals surface area (Å²) in [6.07, 6.45) is 3.83. The van der Waals surface area contributed by atoms with E-state index in [9.17, 15) is 4.79 Å². The van der Waals surface area contributed by atoms with Gasteiger partial charge in [-0.25, -0.2) is 0 Å². The molecule has 0 heterocycles. The van der Waals surface area contributed by atoms with E-state index in [1.54, 1.807) is 6.92 Å². The molecule has 18 heavy (non-hydrogen) atoms. The first-order valence-electron chi connectivity index (χ1n) is 6.68. The summed E-state index contributed by atoms with van der Waals surface area (Å²) in [6, 6.07) is 8.42. The summed E-state index contributed by atoms with van der Waals surface area (Å²) in [6.45, 7) is 3.83. The van der Waals surface area contributed by atoms with E-state index in [1.165, 1.54) is 25.0 Å². The zero-order valence-corrected chi connectivity index (χ0v) is 11.9. The minimum absolute atomic E-state index is 0.127. The molecule has 1 aliphatic rings. The second kappa shape index (κ2) is 6.28. The molecule has 2 atom stereocenters. The van der Waals surface area contributed by atoms with E-state index < -0.39 is 0 Å². The van der Waals surface area contributed by atoms with Crippen LogP contribution in [0.1, 0.15) is 43.5 Å². The van der Waals surface area contributed by atoms with Crippen LogP contribution in [-0.4, -0.2) is 22.8 Å². The van der Waals surface area contributed by atoms with E-state index in [1.807, 2.05) is 24.3 Å². The number of anilines is 1. The van der Waals surface area contributed by atoms with Crippen molar-refractivity contribution in [2.24, 2.45) is 0 Å². The minimum atomic E-state index is 0.127. The Bertz CT molecular complexity index is 401. The highest BCUT2D eigenvalue weighted by Gasteiger charge is 2.24. The van der Waals surface area contributed by atoms with E-state index >= 15 is 0 Å². The second-order valence-electron chi connectivity index (χ2n) is 4.87. The van der Waals surface area contributed by atoms with Gasteiger partial charge in [0.1, 0.15) is 0 Å². The average molecular weight is 263 g/mol. The maximum atomic E-state index is 11.2. The smallest absolute Gasteiger partial charge is 0.159 e. The zero-order chi connectivity index (χ0) is 13.0. The normalized spacial score (nSPS) is 23.0. The number of carbonyl (C=O) groups is 1. The predicted molar refractivity (Wildman–Crippen MR) is 79.6 cm³/mol. The van der Waals surface area contributed by atoms with Gasteiger partial charge in [0.25, 0.3) is 0 Å². The van der Waals surface area contributed by atoms with E-state index in [-0.39, 0.29) is 5.78 Å². The van der Waals surface area contributed by atoms with Crippen molar-refractivity contribution in [3.05, 3.63) is 29.8 Å². The summed E-state index contributed by atoms with van der Waals surface area (Å²) in [4.78, 5) is 11.2. The molecule has 1 fully saturated rings. The van der Waals surface area contributed by atoms with Crippen LogP contribution < -0.4 is 5.32 Å². The van der Waals surface area contributed by atoms with E-state index in [2.05, 4.69) is 24.0 Å². The van der Waals surface area contributed by atoms with E-state index in [0.717, 1.165) is 16.5 Å². The van der Waals surface area contributed by atoms with Crippen molar-refractivity contribution in [1.82, 2.24) is 0 Å². The summed E-state index contributed by atoms with van der Waals surface area (Å²) in [5.41, 5.74) is 1.92. The average Bonchev–Trinajstić information content (AvgIpc) is 2.78. The van der Waals surface area contributed by atoms with Crippen LogP contribution in [0.4, 0.5) is 5.69 Å². The van der Waals surface area contributed by atoms with Gasteiger partial charge in [-0.05, 0) is 56.2 Å². The minimum Gasteiger partial charge on any atom is -0.382 e. The Morgan fingerprint density at radius 1 is 1.33 bits per heavy atom.